The molecule has 2 aromatic heterocycles. The molecule has 1 spiro atoms. The Morgan fingerprint density at radius 2 is 1.16 bits per heavy atom. The third kappa shape index (κ3) is 3.43. The second-order valence-electron chi connectivity index (χ2n) is 12.5. The predicted octanol–water partition coefficient (Wildman–Crippen LogP) is 10.7. The number of benzene rings is 6. The first-order valence-corrected chi connectivity index (χ1v) is 16.2. The van der Waals surface area contributed by atoms with Crippen molar-refractivity contribution in [1.29, 1.82) is 5.26 Å². The number of nitrogens with zero attached hydrogens (tertiary/aromatic N) is 5. The van der Waals surface area contributed by atoms with Crippen LogP contribution in [0.2, 0.25) is 0 Å². The van der Waals surface area contributed by atoms with Gasteiger partial charge in [-0.25, -0.2) is 4.85 Å². The highest BCUT2D eigenvalue weighted by Gasteiger charge is 2.51. The lowest BCUT2D eigenvalue weighted by Crippen LogP contribution is -2.36. The Morgan fingerprint density at radius 3 is 1.82 bits per heavy atom. The van der Waals surface area contributed by atoms with Crippen LogP contribution in [-0.4, -0.2) is 9.55 Å². The molecule has 0 bridgehead atoms. The molecule has 0 saturated heterocycles. The third-order valence-electron chi connectivity index (χ3n) is 10.3. The van der Waals surface area contributed by atoms with E-state index in [-0.39, 0.29) is 0 Å². The lowest BCUT2D eigenvalue weighted by atomic mass is 9.64. The summed E-state index contributed by atoms with van der Waals surface area (Å²) in [6.45, 7) is 8.25. The van der Waals surface area contributed by atoms with Crippen molar-refractivity contribution in [3.05, 3.63) is 191 Å². The number of fused-ring (bicyclic) bond motifs is 12. The van der Waals surface area contributed by atoms with Crippen LogP contribution >= 0.6 is 0 Å². The highest BCUT2D eigenvalue weighted by molar-refractivity contribution is 6.09. The number of anilines is 3. The zero-order valence-corrected chi connectivity index (χ0v) is 26.2. The van der Waals surface area contributed by atoms with Crippen LogP contribution in [0.4, 0.5) is 22.7 Å². The summed E-state index contributed by atoms with van der Waals surface area (Å²) in [5.41, 5.74) is 12.9. The molecule has 0 amide bonds. The van der Waals surface area contributed by atoms with E-state index in [0.29, 0.717) is 16.9 Å². The Bertz CT molecular complexity index is 2630. The maximum atomic E-state index is 10.7. The summed E-state index contributed by atoms with van der Waals surface area (Å²) in [6, 6.07) is 51.1. The fourth-order valence-electron chi connectivity index (χ4n) is 8.51. The van der Waals surface area contributed by atoms with Crippen LogP contribution in [0.15, 0.2) is 152 Å². The second-order valence-corrected chi connectivity index (χ2v) is 12.5. The summed E-state index contributed by atoms with van der Waals surface area (Å²) in [5.74, 6) is 0. The number of pyridine rings is 1. The van der Waals surface area contributed by atoms with Gasteiger partial charge in [-0.1, -0.05) is 103 Å². The lowest BCUT2D eigenvalue weighted by Gasteiger charge is -2.45. The number of para-hydroxylation sites is 3. The molecular formula is C44H25N5. The Labute approximate surface area is 283 Å². The summed E-state index contributed by atoms with van der Waals surface area (Å²) in [5, 5.41) is 12.8. The van der Waals surface area contributed by atoms with E-state index in [1.54, 1.807) is 12.3 Å². The fraction of sp³-hybridized carbons (Fsp3) is 0.0227. The molecule has 1 aliphatic heterocycles. The first-order chi connectivity index (χ1) is 24.3. The van der Waals surface area contributed by atoms with Crippen molar-refractivity contribution in [2.75, 3.05) is 4.90 Å². The predicted molar refractivity (Wildman–Crippen MR) is 195 cm³/mol. The van der Waals surface area contributed by atoms with Gasteiger partial charge in [-0.3, -0.25) is 4.98 Å². The molecule has 49 heavy (non-hydrogen) atoms. The Balaban J connectivity index is 1.31. The zero-order valence-electron chi connectivity index (χ0n) is 26.2. The molecule has 0 fully saturated rings. The lowest BCUT2D eigenvalue weighted by molar-refractivity contribution is 0.752. The maximum absolute atomic E-state index is 10.7. The molecule has 226 valence electrons. The molecule has 0 unspecified atom stereocenters. The number of aromatic nitrogens is 2. The van der Waals surface area contributed by atoms with Crippen LogP contribution in [0, 0.1) is 17.9 Å². The average molecular weight is 624 g/mol. The minimum Gasteiger partial charge on any atom is -0.319 e. The van der Waals surface area contributed by atoms with Gasteiger partial charge in [0, 0.05) is 23.2 Å². The molecule has 6 aromatic carbocycles. The number of rotatable bonds is 2. The molecule has 3 heterocycles. The van der Waals surface area contributed by atoms with Gasteiger partial charge in [-0.2, -0.15) is 5.26 Å². The topological polar surface area (TPSA) is 49.2 Å². The molecule has 0 N–H and O–H groups in total. The van der Waals surface area contributed by atoms with Crippen molar-refractivity contribution in [2.24, 2.45) is 0 Å². The van der Waals surface area contributed by atoms with Gasteiger partial charge in [0.1, 0.15) is 0 Å². The van der Waals surface area contributed by atoms with Crippen molar-refractivity contribution in [3.8, 4) is 22.9 Å². The minimum atomic E-state index is -0.553. The molecular weight excluding hydrogens is 599 g/mol. The van der Waals surface area contributed by atoms with Gasteiger partial charge in [0.05, 0.1) is 57.4 Å². The van der Waals surface area contributed by atoms with Crippen LogP contribution in [0.5, 0.6) is 0 Å². The fourth-order valence-corrected chi connectivity index (χ4v) is 8.51. The second kappa shape index (κ2) is 10.0. The van der Waals surface area contributed by atoms with Gasteiger partial charge in [0.2, 0.25) is 5.69 Å². The summed E-state index contributed by atoms with van der Waals surface area (Å²) in [7, 11) is 0. The zero-order chi connectivity index (χ0) is 32.7. The Kier molecular flexibility index (Phi) is 5.56. The Morgan fingerprint density at radius 1 is 0.592 bits per heavy atom. The molecule has 5 nitrogen and oxygen atoms in total. The summed E-state index contributed by atoms with van der Waals surface area (Å²) in [4.78, 5) is 10.6. The van der Waals surface area contributed by atoms with Crippen LogP contribution in [-0.2, 0) is 5.41 Å². The van der Waals surface area contributed by atoms with Crippen molar-refractivity contribution < 1.29 is 0 Å². The highest BCUT2D eigenvalue weighted by atomic mass is 15.2. The van der Waals surface area contributed by atoms with E-state index in [9.17, 15) is 5.26 Å². The van der Waals surface area contributed by atoms with Gasteiger partial charge >= 0.3 is 0 Å². The number of hydrogen-bond acceptors (Lipinski definition) is 3. The van der Waals surface area contributed by atoms with E-state index in [1.165, 1.54) is 22.3 Å². The molecule has 1 aliphatic carbocycles. The maximum Gasteiger partial charge on any atom is 0.212 e. The third-order valence-corrected chi connectivity index (χ3v) is 10.3. The number of nitriles is 1. The summed E-state index contributed by atoms with van der Waals surface area (Å²) >= 11 is 0. The molecule has 2 aliphatic rings. The number of hydrogen-bond donors (Lipinski definition) is 0. The summed E-state index contributed by atoms with van der Waals surface area (Å²) < 4.78 is 2.14. The highest BCUT2D eigenvalue weighted by Crippen LogP contribution is 2.63. The quantitative estimate of drug-likeness (QED) is 0.180. The standard InChI is InChI=1S/C44H25N5/c1-46-37-24-28(26-45)42(25-43(37)48-38-19-9-4-14-31(38)32-27-47-23-22-39(32)48)49-40-20-10-7-17-35(40)44(36-18-8-11-21-41(36)49)33-15-5-2-12-29(33)30-13-3-6-16-34(30)44/h2-25,27H. The molecule has 8 aromatic rings. The first kappa shape index (κ1) is 27.2. The van der Waals surface area contributed by atoms with E-state index in [1.807, 2.05) is 30.5 Å². The van der Waals surface area contributed by atoms with Crippen molar-refractivity contribution in [3.63, 3.8) is 0 Å². The van der Waals surface area contributed by atoms with Crippen molar-refractivity contribution >= 4 is 44.6 Å². The van der Waals surface area contributed by atoms with Gasteiger partial charge in [0.25, 0.3) is 0 Å². The molecule has 0 radical (unpaired) electrons. The van der Waals surface area contributed by atoms with E-state index < -0.39 is 5.41 Å². The first-order valence-electron chi connectivity index (χ1n) is 16.2. The normalized spacial score (nSPS) is 13.4. The van der Waals surface area contributed by atoms with E-state index in [4.69, 9.17) is 6.57 Å². The molecule has 0 saturated carbocycles. The van der Waals surface area contributed by atoms with Gasteiger partial charge in [-0.15, -0.1) is 0 Å². The smallest absolute Gasteiger partial charge is 0.212 e. The molecule has 0 atom stereocenters. The van der Waals surface area contributed by atoms with Gasteiger partial charge < -0.3 is 9.47 Å². The molecule has 5 heteroatoms. The van der Waals surface area contributed by atoms with E-state index in [0.717, 1.165) is 50.0 Å². The van der Waals surface area contributed by atoms with E-state index >= 15 is 0 Å². The largest absolute Gasteiger partial charge is 0.319 e. The Hall–Kier alpha value is -6.95. The van der Waals surface area contributed by atoms with Crippen molar-refractivity contribution in [1.82, 2.24) is 9.55 Å². The minimum absolute atomic E-state index is 0.411. The SMILES string of the molecule is [C-]#[N+]c1cc(C#N)c(N2c3ccccc3C3(c4ccccc4-c4ccccc43)c3ccccc32)cc1-n1c2ccccc2c2cnccc21. The van der Waals surface area contributed by atoms with Gasteiger partial charge in [-0.05, 0) is 69.8 Å². The van der Waals surface area contributed by atoms with Crippen LogP contribution in [0.25, 0.3) is 43.5 Å². The van der Waals surface area contributed by atoms with Crippen LogP contribution in [0.3, 0.4) is 0 Å². The van der Waals surface area contributed by atoms with Crippen molar-refractivity contribution in [2.45, 2.75) is 5.41 Å². The molecule has 10 rings (SSSR count). The van der Waals surface area contributed by atoms with Crippen LogP contribution in [0.1, 0.15) is 27.8 Å². The summed E-state index contributed by atoms with van der Waals surface area (Å²) in [6.07, 6.45) is 3.66. The monoisotopic (exact) mass is 623 g/mol. The average Bonchev–Trinajstić information content (AvgIpc) is 3.66. The van der Waals surface area contributed by atoms with Gasteiger partial charge in [0.15, 0.2) is 0 Å². The van der Waals surface area contributed by atoms with E-state index in [2.05, 4.69) is 135 Å². The van der Waals surface area contributed by atoms with Crippen LogP contribution < -0.4 is 4.90 Å².